The predicted octanol–water partition coefficient (Wildman–Crippen LogP) is -1.19. The van der Waals surface area contributed by atoms with E-state index in [0.717, 1.165) is 0 Å². The fraction of sp³-hybridized carbons (Fsp3) is 1.00. The highest BCUT2D eigenvalue weighted by Gasteiger charge is 1.99. The largest absolute Gasteiger partial charge is 0.409 e. The molecule has 0 aliphatic carbocycles. The number of hydrogen-bond donors (Lipinski definition) is 2. The molecule has 0 saturated carbocycles. The van der Waals surface area contributed by atoms with Gasteiger partial charge in [-0.25, -0.2) is 0 Å². The van der Waals surface area contributed by atoms with E-state index in [1.54, 1.807) is 0 Å². The first kappa shape index (κ1) is 6.88. The Hall–Kier alpha value is -0.120. The smallest absolute Gasteiger partial charge is 0.274 e. The number of nitrogens with two attached hydrogens (primary N) is 1. The molecular formula is C4H12NO2+. The highest BCUT2D eigenvalue weighted by atomic mass is 16.6. The zero-order valence-electron chi connectivity index (χ0n) is 4.46. The van der Waals surface area contributed by atoms with Gasteiger partial charge in [0.15, 0.2) is 0 Å². The molecule has 4 N–H and O–H groups in total. The lowest BCUT2D eigenvalue weighted by Crippen LogP contribution is -2.25. The van der Waals surface area contributed by atoms with Crippen molar-refractivity contribution in [2.24, 2.45) is 5.73 Å². The lowest BCUT2D eigenvalue weighted by molar-refractivity contribution is -0.201. The van der Waals surface area contributed by atoms with E-state index >= 15 is 0 Å². The lowest BCUT2D eigenvalue weighted by atomic mass is 10.6. The van der Waals surface area contributed by atoms with Crippen LogP contribution in [0.1, 0.15) is 6.92 Å². The number of aliphatic hydroxyl groups excluding tert-OH is 1. The molecule has 0 aliphatic rings. The molecule has 7 heavy (non-hydrogen) atoms. The first-order valence-corrected chi connectivity index (χ1v) is 2.36. The highest BCUT2D eigenvalue weighted by molar-refractivity contribution is 4.33. The topological polar surface area (TPSA) is 59.0 Å². The van der Waals surface area contributed by atoms with Gasteiger partial charge in [-0.1, -0.05) is 0 Å². The Labute approximate surface area is 43.1 Å². The minimum absolute atomic E-state index is 0.230. The van der Waals surface area contributed by atoms with Gasteiger partial charge in [-0.05, 0) is 0 Å². The number of aliphatic hydroxyl groups is 3. The molecule has 0 aromatic rings. The van der Waals surface area contributed by atoms with Gasteiger partial charge in [0.25, 0.3) is 6.29 Å². The summed E-state index contributed by atoms with van der Waals surface area (Å²) in [6.45, 7) is 2.73. The summed E-state index contributed by atoms with van der Waals surface area (Å²) in [5, 5.41) is 8.57. The summed E-state index contributed by atoms with van der Waals surface area (Å²) in [6, 6.07) is 0. The van der Waals surface area contributed by atoms with E-state index in [0.29, 0.717) is 6.61 Å². The Balaban J connectivity index is 2.83. The molecule has 0 rings (SSSR count). The molecule has 1 atom stereocenters. The first-order chi connectivity index (χ1) is 3.31. The quantitative estimate of drug-likeness (QED) is 0.351. The van der Waals surface area contributed by atoms with Gasteiger partial charge < -0.3 is 15.6 Å². The molecule has 0 aromatic heterocycles. The summed E-state index contributed by atoms with van der Waals surface area (Å²) in [5.74, 6) is 0. The minimum Gasteiger partial charge on any atom is -0.409 e. The third-order valence-electron chi connectivity index (χ3n) is 0.604. The van der Waals surface area contributed by atoms with E-state index in [1.807, 2.05) is 6.92 Å². The van der Waals surface area contributed by atoms with Crippen molar-refractivity contribution in [3.8, 4) is 0 Å². The standard InChI is InChI=1S/C4H11NO2/c1-2-7-4(6)3-5/h4,6H,2-3,5H2,1H3/p+1. The van der Waals surface area contributed by atoms with Crippen LogP contribution < -0.4 is 5.73 Å². The van der Waals surface area contributed by atoms with Crippen molar-refractivity contribution in [3.05, 3.63) is 0 Å². The molecular weight excluding hydrogens is 94.0 g/mol. The molecule has 1 unspecified atom stereocenters. The summed E-state index contributed by atoms with van der Waals surface area (Å²) in [4.78, 5) is 0. The maximum absolute atomic E-state index is 8.57. The summed E-state index contributed by atoms with van der Waals surface area (Å²) in [5.41, 5.74) is 5.01. The molecule has 3 nitrogen and oxygen atoms in total. The van der Waals surface area contributed by atoms with Gasteiger partial charge in [-0.2, -0.15) is 0 Å². The Morgan fingerprint density at radius 3 is 2.57 bits per heavy atom. The normalized spacial score (nSPS) is 14.1. The van der Waals surface area contributed by atoms with Crippen molar-refractivity contribution in [1.82, 2.24) is 0 Å². The van der Waals surface area contributed by atoms with Crippen LogP contribution in [0.25, 0.3) is 0 Å². The maximum atomic E-state index is 8.57. The summed E-state index contributed by atoms with van der Waals surface area (Å²) >= 11 is 0. The van der Waals surface area contributed by atoms with E-state index in [2.05, 4.69) is 4.74 Å². The van der Waals surface area contributed by atoms with Crippen LogP contribution >= 0.6 is 0 Å². The van der Waals surface area contributed by atoms with Crippen LogP contribution in [-0.4, -0.2) is 29.3 Å². The van der Waals surface area contributed by atoms with Crippen LogP contribution in [0.2, 0.25) is 0 Å². The van der Waals surface area contributed by atoms with Gasteiger partial charge in [-0.15, -0.1) is 0 Å². The fourth-order valence-electron chi connectivity index (χ4n) is 0.285. The molecule has 0 spiro atoms. The van der Waals surface area contributed by atoms with Gasteiger partial charge in [0.1, 0.15) is 6.61 Å². The Morgan fingerprint density at radius 1 is 1.86 bits per heavy atom. The van der Waals surface area contributed by atoms with Gasteiger partial charge in [0.05, 0.1) is 6.54 Å². The molecule has 0 saturated heterocycles. The van der Waals surface area contributed by atoms with E-state index in [4.69, 9.17) is 10.8 Å². The molecule has 0 aliphatic heterocycles. The van der Waals surface area contributed by atoms with E-state index < -0.39 is 6.29 Å². The second-order valence-electron chi connectivity index (χ2n) is 1.22. The van der Waals surface area contributed by atoms with Crippen molar-refractivity contribution in [1.29, 1.82) is 0 Å². The fourth-order valence-corrected chi connectivity index (χ4v) is 0.285. The molecule has 3 heteroatoms. The second-order valence-corrected chi connectivity index (χ2v) is 1.22. The van der Waals surface area contributed by atoms with Gasteiger partial charge in [-0.3, -0.25) is 0 Å². The Kier molecular flexibility index (Phi) is 3.98. The number of ether oxygens (including phenoxy) is 1. The third kappa shape index (κ3) is 3.72. The monoisotopic (exact) mass is 106 g/mol. The summed E-state index contributed by atoms with van der Waals surface area (Å²) in [7, 11) is 0. The van der Waals surface area contributed by atoms with Crippen molar-refractivity contribution in [2.45, 2.75) is 13.2 Å². The van der Waals surface area contributed by atoms with Gasteiger partial charge >= 0.3 is 0 Å². The molecule has 0 radical (unpaired) electrons. The lowest BCUT2D eigenvalue weighted by Gasteiger charge is -2.00. The van der Waals surface area contributed by atoms with Crippen LogP contribution in [0, 0.1) is 0 Å². The van der Waals surface area contributed by atoms with Crippen LogP contribution in [0.4, 0.5) is 0 Å². The van der Waals surface area contributed by atoms with Crippen molar-refractivity contribution in [2.75, 3.05) is 13.2 Å². The third-order valence-corrected chi connectivity index (χ3v) is 0.604. The molecule has 0 heterocycles. The van der Waals surface area contributed by atoms with Crippen molar-refractivity contribution < 1.29 is 9.84 Å². The Morgan fingerprint density at radius 2 is 2.43 bits per heavy atom. The Bertz CT molecular complexity index is 40.7. The predicted molar refractivity (Wildman–Crippen MR) is 27.8 cm³/mol. The van der Waals surface area contributed by atoms with Crippen LogP contribution in [0.3, 0.4) is 0 Å². The zero-order chi connectivity index (χ0) is 5.70. The van der Waals surface area contributed by atoms with E-state index in [1.165, 1.54) is 0 Å². The summed E-state index contributed by atoms with van der Waals surface area (Å²) < 4.78 is 3.67. The SMILES string of the molecule is CC[OH+]C(O)CN. The maximum Gasteiger partial charge on any atom is 0.274 e. The van der Waals surface area contributed by atoms with Crippen LogP contribution in [0.5, 0.6) is 0 Å². The van der Waals surface area contributed by atoms with E-state index in [-0.39, 0.29) is 6.54 Å². The molecule has 0 fully saturated rings. The average molecular weight is 106 g/mol. The molecule has 0 bridgehead atoms. The van der Waals surface area contributed by atoms with Crippen molar-refractivity contribution in [3.63, 3.8) is 0 Å². The number of rotatable bonds is 3. The average Bonchev–Trinajstić information content (AvgIpc) is 1.68. The molecule has 44 valence electrons. The second kappa shape index (κ2) is 4.05. The molecule has 0 aromatic carbocycles. The van der Waals surface area contributed by atoms with Crippen molar-refractivity contribution >= 4 is 0 Å². The first-order valence-electron chi connectivity index (χ1n) is 2.36. The van der Waals surface area contributed by atoms with Crippen LogP contribution in [0.15, 0.2) is 0 Å². The van der Waals surface area contributed by atoms with E-state index in [9.17, 15) is 0 Å². The summed E-state index contributed by atoms with van der Waals surface area (Å²) in [6.07, 6.45) is -0.648. The van der Waals surface area contributed by atoms with Crippen LogP contribution in [-0.2, 0) is 0 Å². The zero-order valence-corrected chi connectivity index (χ0v) is 4.46. The van der Waals surface area contributed by atoms with Gasteiger partial charge in [0.2, 0.25) is 0 Å². The number of hydrogen-bond acceptors (Lipinski definition) is 2. The highest BCUT2D eigenvalue weighted by Crippen LogP contribution is 1.73. The minimum atomic E-state index is -0.648. The molecule has 0 amide bonds. The van der Waals surface area contributed by atoms with Gasteiger partial charge in [0, 0.05) is 6.92 Å².